The second kappa shape index (κ2) is 5.90. The summed E-state index contributed by atoms with van der Waals surface area (Å²) in [5.41, 5.74) is 0.664. The van der Waals surface area contributed by atoms with E-state index >= 15 is 0 Å². The first kappa shape index (κ1) is 12.2. The minimum Gasteiger partial charge on any atom is -0.507 e. The summed E-state index contributed by atoms with van der Waals surface area (Å²) >= 11 is 0. The number of rotatable bonds is 5. The van der Waals surface area contributed by atoms with Crippen molar-refractivity contribution in [2.24, 2.45) is 0 Å². The van der Waals surface area contributed by atoms with Crippen molar-refractivity contribution in [3.05, 3.63) is 29.3 Å². The van der Waals surface area contributed by atoms with Crippen molar-refractivity contribution in [2.75, 3.05) is 6.61 Å². The lowest BCUT2D eigenvalue weighted by molar-refractivity contribution is 0.0499. The Kier molecular flexibility index (Phi) is 4.51. The molecule has 0 bridgehead atoms. The monoisotopic (exact) mass is 221 g/mol. The fraction of sp³-hybridized carbons (Fsp3) is 0.333. The number of unbranched alkanes of at least 4 members (excludes halogenated alkanes) is 1. The van der Waals surface area contributed by atoms with Gasteiger partial charge in [0.1, 0.15) is 5.75 Å². The smallest absolute Gasteiger partial charge is 0.338 e. The van der Waals surface area contributed by atoms with Crippen molar-refractivity contribution in [3.8, 4) is 5.75 Å². The molecule has 86 valence electrons. The van der Waals surface area contributed by atoms with Gasteiger partial charge in [-0.3, -0.25) is 0 Å². The molecule has 1 rings (SSSR count). The van der Waals surface area contributed by atoms with Crippen LogP contribution in [0.2, 0.25) is 0 Å². The summed E-state index contributed by atoms with van der Waals surface area (Å²) in [6.45, 7) is 2.41. The first-order chi connectivity index (χ1) is 7.69. The molecule has 0 aromatic heterocycles. The fourth-order valence-corrected chi connectivity index (χ4v) is 1.19. The topological polar surface area (TPSA) is 70.4 Å². The highest BCUT2D eigenvalue weighted by Crippen LogP contribution is 2.17. The van der Waals surface area contributed by atoms with Crippen LogP contribution in [0.25, 0.3) is 0 Å². The number of carbonyl (C=O) groups is 1. The molecule has 1 aromatic rings. The third kappa shape index (κ3) is 3.08. The van der Waals surface area contributed by atoms with E-state index in [4.69, 9.17) is 10.1 Å². The first-order valence-electron chi connectivity index (χ1n) is 5.19. The van der Waals surface area contributed by atoms with Crippen LogP contribution in [0.1, 0.15) is 35.7 Å². The average Bonchev–Trinajstić information content (AvgIpc) is 2.30. The zero-order valence-electron chi connectivity index (χ0n) is 9.19. The lowest BCUT2D eigenvalue weighted by Gasteiger charge is -2.05. The average molecular weight is 221 g/mol. The van der Waals surface area contributed by atoms with E-state index in [9.17, 15) is 9.90 Å². The van der Waals surface area contributed by atoms with Crippen LogP contribution >= 0.6 is 0 Å². The van der Waals surface area contributed by atoms with Gasteiger partial charge in [-0.25, -0.2) is 4.79 Å². The van der Waals surface area contributed by atoms with Crippen LogP contribution < -0.4 is 0 Å². The van der Waals surface area contributed by atoms with Crippen molar-refractivity contribution in [2.45, 2.75) is 19.8 Å². The Morgan fingerprint density at radius 2 is 2.31 bits per heavy atom. The van der Waals surface area contributed by atoms with Crippen LogP contribution in [-0.4, -0.2) is 23.9 Å². The lowest BCUT2D eigenvalue weighted by Crippen LogP contribution is -2.06. The molecular weight excluding hydrogens is 206 g/mol. The second-order valence-electron chi connectivity index (χ2n) is 3.41. The summed E-state index contributed by atoms with van der Waals surface area (Å²) < 4.78 is 5.01. The zero-order valence-corrected chi connectivity index (χ0v) is 9.19. The van der Waals surface area contributed by atoms with E-state index in [1.807, 2.05) is 6.92 Å². The molecule has 1 aromatic carbocycles. The quantitative estimate of drug-likeness (QED) is 0.455. The van der Waals surface area contributed by atoms with E-state index in [-0.39, 0.29) is 5.75 Å². The minimum absolute atomic E-state index is 0.0138. The fourth-order valence-electron chi connectivity index (χ4n) is 1.19. The molecule has 16 heavy (non-hydrogen) atoms. The molecule has 0 unspecified atom stereocenters. The molecule has 4 nitrogen and oxygen atoms in total. The van der Waals surface area contributed by atoms with E-state index in [2.05, 4.69) is 0 Å². The van der Waals surface area contributed by atoms with E-state index in [0.717, 1.165) is 19.1 Å². The predicted octanol–water partition coefficient (Wildman–Crippen LogP) is 2.35. The highest BCUT2D eigenvalue weighted by Gasteiger charge is 2.09. The van der Waals surface area contributed by atoms with Gasteiger partial charge in [-0.2, -0.15) is 0 Å². The molecule has 4 heteroatoms. The van der Waals surface area contributed by atoms with Gasteiger partial charge in [0.25, 0.3) is 0 Å². The van der Waals surface area contributed by atoms with Crippen molar-refractivity contribution < 1.29 is 14.6 Å². The van der Waals surface area contributed by atoms with Crippen LogP contribution in [0.3, 0.4) is 0 Å². The number of phenols is 1. The van der Waals surface area contributed by atoms with Gasteiger partial charge in [0.05, 0.1) is 12.2 Å². The summed E-state index contributed by atoms with van der Waals surface area (Å²) in [6.07, 6.45) is 2.80. The van der Waals surface area contributed by atoms with Crippen LogP contribution in [-0.2, 0) is 4.74 Å². The Hall–Kier alpha value is -1.84. The van der Waals surface area contributed by atoms with Gasteiger partial charge in [0.15, 0.2) is 0 Å². The maximum absolute atomic E-state index is 11.5. The number of hydrogen-bond acceptors (Lipinski definition) is 4. The van der Waals surface area contributed by atoms with Gasteiger partial charge in [-0.1, -0.05) is 13.3 Å². The van der Waals surface area contributed by atoms with Crippen molar-refractivity contribution in [3.63, 3.8) is 0 Å². The molecule has 0 heterocycles. The van der Waals surface area contributed by atoms with Gasteiger partial charge in [-0.05, 0) is 24.6 Å². The van der Waals surface area contributed by atoms with Crippen LogP contribution in [0.4, 0.5) is 0 Å². The summed E-state index contributed by atoms with van der Waals surface area (Å²) in [4.78, 5) is 11.5. The number of benzene rings is 1. The molecule has 0 aliphatic heterocycles. The normalized spacial score (nSPS) is 9.81. The molecule has 0 saturated heterocycles. The third-order valence-electron chi connectivity index (χ3n) is 2.15. The molecule has 0 spiro atoms. The molecule has 0 fully saturated rings. The van der Waals surface area contributed by atoms with E-state index in [0.29, 0.717) is 17.7 Å². The maximum Gasteiger partial charge on any atom is 0.338 e. The standard InChI is InChI=1S/C12H15NO3/c1-2-3-6-16-12(15)9-4-5-11(14)10(7-9)8-13/h4-5,7-8,13-14H,2-3,6H2,1H3. The van der Waals surface area contributed by atoms with Gasteiger partial charge >= 0.3 is 5.97 Å². The van der Waals surface area contributed by atoms with Gasteiger partial charge in [0, 0.05) is 11.8 Å². The molecule has 0 radical (unpaired) electrons. The van der Waals surface area contributed by atoms with Crippen molar-refractivity contribution in [1.29, 1.82) is 5.41 Å². The second-order valence-corrected chi connectivity index (χ2v) is 3.41. The summed E-state index contributed by atoms with van der Waals surface area (Å²) in [6, 6.07) is 4.31. The Morgan fingerprint density at radius 3 is 2.94 bits per heavy atom. The number of hydrogen-bond donors (Lipinski definition) is 2. The zero-order chi connectivity index (χ0) is 12.0. The number of phenolic OH excluding ortho intramolecular Hbond substituents is 1. The number of ether oxygens (including phenoxy) is 1. The van der Waals surface area contributed by atoms with E-state index in [1.54, 1.807) is 0 Å². The highest BCUT2D eigenvalue weighted by atomic mass is 16.5. The first-order valence-corrected chi connectivity index (χ1v) is 5.19. The Labute approximate surface area is 94.4 Å². The number of aromatic hydroxyl groups is 1. The van der Waals surface area contributed by atoms with Crippen LogP contribution in [0, 0.1) is 5.41 Å². The number of nitrogens with one attached hydrogen (secondary N) is 1. The molecule has 0 saturated carbocycles. The van der Waals surface area contributed by atoms with Crippen LogP contribution in [0.5, 0.6) is 5.75 Å². The molecule has 0 aliphatic carbocycles. The third-order valence-corrected chi connectivity index (χ3v) is 2.15. The van der Waals surface area contributed by atoms with E-state index in [1.165, 1.54) is 18.2 Å². The van der Waals surface area contributed by atoms with Gasteiger partial charge in [0.2, 0.25) is 0 Å². The summed E-state index contributed by atoms with van der Waals surface area (Å²) in [5.74, 6) is -0.434. The number of carbonyl (C=O) groups excluding carboxylic acids is 1. The summed E-state index contributed by atoms with van der Waals surface area (Å²) in [5, 5.41) is 16.4. The summed E-state index contributed by atoms with van der Waals surface area (Å²) in [7, 11) is 0. The SMILES string of the molecule is CCCCOC(=O)c1ccc(O)c(C=N)c1. The lowest BCUT2D eigenvalue weighted by atomic mass is 10.1. The predicted molar refractivity (Wildman–Crippen MR) is 61.2 cm³/mol. The number of esters is 1. The largest absolute Gasteiger partial charge is 0.507 e. The van der Waals surface area contributed by atoms with Gasteiger partial charge < -0.3 is 15.3 Å². The maximum atomic E-state index is 11.5. The van der Waals surface area contributed by atoms with Crippen LogP contribution in [0.15, 0.2) is 18.2 Å². The Balaban J connectivity index is 2.72. The van der Waals surface area contributed by atoms with E-state index < -0.39 is 5.97 Å². The minimum atomic E-state index is -0.420. The Morgan fingerprint density at radius 1 is 1.56 bits per heavy atom. The molecular formula is C12H15NO3. The molecule has 0 atom stereocenters. The van der Waals surface area contributed by atoms with Crippen molar-refractivity contribution in [1.82, 2.24) is 0 Å². The Bertz CT molecular complexity index is 388. The highest BCUT2D eigenvalue weighted by molar-refractivity contribution is 5.93. The van der Waals surface area contributed by atoms with Crippen molar-refractivity contribution >= 4 is 12.2 Å². The molecule has 2 N–H and O–H groups in total. The molecule has 0 amide bonds. The van der Waals surface area contributed by atoms with Gasteiger partial charge in [-0.15, -0.1) is 0 Å². The molecule has 0 aliphatic rings.